The lowest BCUT2D eigenvalue weighted by molar-refractivity contribution is -0.143. The van der Waals surface area contributed by atoms with Gasteiger partial charge in [0.15, 0.2) is 12.1 Å². The van der Waals surface area contributed by atoms with E-state index in [1.54, 1.807) is 12.1 Å². The van der Waals surface area contributed by atoms with Gasteiger partial charge in [-0.15, -0.1) is 0 Å². The third kappa shape index (κ3) is 3.85. The molecule has 1 aliphatic rings. The number of aryl methyl sites for hydroxylation is 2. The number of benzene rings is 2. The van der Waals surface area contributed by atoms with Crippen LogP contribution in [0.3, 0.4) is 0 Å². The number of methoxy groups -OCH3 is 1. The number of amides is 1. The first kappa shape index (κ1) is 19.0. The maximum Gasteiger partial charge on any atom is 0.330 e. The van der Waals surface area contributed by atoms with Crippen molar-refractivity contribution in [3.8, 4) is 11.5 Å². The fourth-order valence-corrected chi connectivity index (χ4v) is 3.31. The Morgan fingerprint density at radius 2 is 1.96 bits per heavy atom. The van der Waals surface area contributed by atoms with Crippen molar-refractivity contribution in [1.29, 1.82) is 0 Å². The van der Waals surface area contributed by atoms with Crippen LogP contribution >= 0.6 is 11.6 Å². The minimum Gasteiger partial charge on any atom is -0.495 e. The number of rotatable bonds is 5. The third-order valence-electron chi connectivity index (χ3n) is 4.69. The van der Waals surface area contributed by atoms with Gasteiger partial charge in [0.05, 0.1) is 12.1 Å². The molecule has 0 aromatic heterocycles. The van der Waals surface area contributed by atoms with Crippen LogP contribution in [0.15, 0.2) is 30.3 Å². The molecule has 1 amide bonds. The number of carboxylic acid groups (broad SMARTS) is 1. The van der Waals surface area contributed by atoms with Crippen molar-refractivity contribution in [3.63, 3.8) is 0 Å². The SMILES string of the molecule is COc1ccc(C(NC(=O)C2Cc3cc(C)c(C)cc3O2)C(=O)O)cc1Cl. The fourth-order valence-electron chi connectivity index (χ4n) is 3.04. The number of hydrogen-bond donors (Lipinski definition) is 2. The molecule has 7 heteroatoms. The normalized spacial score (nSPS) is 16.2. The molecule has 27 heavy (non-hydrogen) atoms. The van der Waals surface area contributed by atoms with E-state index in [1.807, 2.05) is 26.0 Å². The van der Waals surface area contributed by atoms with Gasteiger partial charge in [0.25, 0.3) is 5.91 Å². The molecule has 2 aromatic rings. The molecule has 0 saturated heterocycles. The van der Waals surface area contributed by atoms with Crippen LogP contribution in [0.2, 0.25) is 5.02 Å². The van der Waals surface area contributed by atoms with Crippen molar-refractivity contribution in [3.05, 3.63) is 57.6 Å². The molecule has 2 N–H and O–H groups in total. The minimum absolute atomic E-state index is 0.269. The van der Waals surface area contributed by atoms with E-state index >= 15 is 0 Å². The molecule has 0 spiro atoms. The molecule has 2 atom stereocenters. The van der Waals surface area contributed by atoms with Gasteiger partial charge in [-0.2, -0.15) is 0 Å². The predicted molar refractivity (Wildman–Crippen MR) is 101 cm³/mol. The van der Waals surface area contributed by atoms with Crippen LogP contribution in [0.5, 0.6) is 11.5 Å². The molecule has 142 valence electrons. The van der Waals surface area contributed by atoms with Gasteiger partial charge in [-0.25, -0.2) is 4.79 Å². The van der Waals surface area contributed by atoms with Gasteiger partial charge in [-0.3, -0.25) is 4.79 Å². The summed E-state index contributed by atoms with van der Waals surface area (Å²) < 4.78 is 10.8. The number of carbonyl (C=O) groups is 2. The molecule has 3 rings (SSSR count). The van der Waals surface area contributed by atoms with Crippen molar-refractivity contribution in [1.82, 2.24) is 5.32 Å². The molecule has 0 saturated carbocycles. The number of fused-ring (bicyclic) bond motifs is 1. The number of hydrogen-bond acceptors (Lipinski definition) is 4. The summed E-state index contributed by atoms with van der Waals surface area (Å²) in [5.41, 5.74) is 3.49. The molecule has 0 aliphatic carbocycles. The Balaban J connectivity index is 1.77. The van der Waals surface area contributed by atoms with E-state index in [0.29, 0.717) is 23.5 Å². The molecule has 6 nitrogen and oxygen atoms in total. The smallest absolute Gasteiger partial charge is 0.330 e. The van der Waals surface area contributed by atoms with Crippen LogP contribution in [0.25, 0.3) is 0 Å². The summed E-state index contributed by atoms with van der Waals surface area (Å²) in [7, 11) is 1.47. The Labute approximate surface area is 162 Å². The maximum absolute atomic E-state index is 12.6. The zero-order chi connectivity index (χ0) is 19.7. The lowest BCUT2D eigenvalue weighted by atomic mass is 10.0. The first-order chi connectivity index (χ1) is 12.8. The second kappa shape index (κ2) is 7.48. The van der Waals surface area contributed by atoms with E-state index in [2.05, 4.69) is 5.32 Å². The largest absolute Gasteiger partial charge is 0.495 e. The highest BCUT2D eigenvalue weighted by atomic mass is 35.5. The number of carboxylic acids is 1. The average molecular weight is 390 g/mol. The summed E-state index contributed by atoms with van der Waals surface area (Å²) >= 11 is 6.08. The average Bonchev–Trinajstić information content (AvgIpc) is 3.02. The zero-order valence-corrected chi connectivity index (χ0v) is 16.0. The van der Waals surface area contributed by atoms with E-state index in [1.165, 1.54) is 13.2 Å². The third-order valence-corrected chi connectivity index (χ3v) is 4.98. The topological polar surface area (TPSA) is 84.9 Å². The Morgan fingerprint density at radius 1 is 1.26 bits per heavy atom. The van der Waals surface area contributed by atoms with Gasteiger partial charge < -0.3 is 19.9 Å². The van der Waals surface area contributed by atoms with Gasteiger partial charge in [0, 0.05) is 6.42 Å². The van der Waals surface area contributed by atoms with Crippen LogP contribution < -0.4 is 14.8 Å². The number of nitrogens with one attached hydrogen (secondary N) is 1. The highest BCUT2D eigenvalue weighted by Gasteiger charge is 2.33. The van der Waals surface area contributed by atoms with Crippen molar-refractivity contribution < 1.29 is 24.2 Å². The monoisotopic (exact) mass is 389 g/mol. The van der Waals surface area contributed by atoms with Gasteiger partial charge in [-0.05, 0) is 54.3 Å². The van der Waals surface area contributed by atoms with E-state index in [9.17, 15) is 14.7 Å². The van der Waals surface area contributed by atoms with E-state index in [0.717, 1.165) is 16.7 Å². The van der Waals surface area contributed by atoms with Crippen LogP contribution in [-0.4, -0.2) is 30.2 Å². The summed E-state index contributed by atoms with van der Waals surface area (Å²) in [4.78, 5) is 24.3. The summed E-state index contributed by atoms with van der Waals surface area (Å²) in [6, 6.07) is 7.24. The standard InChI is InChI=1S/C20H20ClNO5/c1-10-6-13-9-17(27-16(13)7-11(10)2)19(23)22-18(20(24)25)12-4-5-15(26-3)14(21)8-12/h4-8,17-18H,9H2,1-3H3,(H,22,23)(H,24,25). The van der Waals surface area contributed by atoms with Crippen molar-refractivity contribution in [2.75, 3.05) is 7.11 Å². The van der Waals surface area contributed by atoms with Crippen molar-refractivity contribution in [2.45, 2.75) is 32.4 Å². The lowest BCUT2D eigenvalue weighted by Gasteiger charge is -2.18. The Morgan fingerprint density at radius 3 is 2.59 bits per heavy atom. The molecule has 0 fully saturated rings. The van der Waals surface area contributed by atoms with Gasteiger partial charge in [0.2, 0.25) is 0 Å². The second-order valence-corrected chi connectivity index (χ2v) is 6.94. The molecule has 2 aromatic carbocycles. The van der Waals surface area contributed by atoms with E-state index in [4.69, 9.17) is 21.1 Å². The predicted octanol–water partition coefficient (Wildman–Crippen LogP) is 3.21. The molecular weight excluding hydrogens is 370 g/mol. The molecule has 2 unspecified atom stereocenters. The van der Waals surface area contributed by atoms with Crippen LogP contribution in [0.4, 0.5) is 0 Å². The maximum atomic E-state index is 12.6. The Kier molecular flexibility index (Phi) is 5.28. The Bertz CT molecular complexity index is 880. The first-order valence-electron chi connectivity index (χ1n) is 8.43. The quantitative estimate of drug-likeness (QED) is 0.820. The summed E-state index contributed by atoms with van der Waals surface area (Å²) in [5.74, 6) is -0.582. The van der Waals surface area contributed by atoms with E-state index < -0.39 is 24.0 Å². The molecular formula is C20H20ClNO5. The van der Waals surface area contributed by atoms with Crippen LogP contribution in [0, 0.1) is 13.8 Å². The number of ether oxygens (including phenoxy) is 2. The lowest BCUT2D eigenvalue weighted by Crippen LogP contribution is -2.42. The zero-order valence-electron chi connectivity index (χ0n) is 15.2. The number of carbonyl (C=O) groups excluding carboxylic acids is 1. The Hall–Kier alpha value is -2.73. The molecule has 1 aliphatic heterocycles. The minimum atomic E-state index is -1.24. The first-order valence-corrected chi connectivity index (χ1v) is 8.81. The van der Waals surface area contributed by atoms with Crippen LogP contribution in [0.1, 0.15) is 28.3 Å². The summed E-state index contributed by atoms with van der Waals surface area (Å²) in [6.45, 7) is 3.97. The highest BCUT2D eigenvalue weighted by Crippen LogP contribution is 2.32. The van der Waals surface area contributed by atoms with Crippen LogP contribution in [-0.2, 0) is 16.0 Å². The van der Waals surface area contributed by atoms with E-state index in [-0.39, 0.29) is 5.02 Å². The molecule has 1 heterocycles. The highest BCUT2D eigenvalue weighted by molar-refractivity contribution is 6.32. The number of aliphatic carboxylic acids is 1. The fraction of sp³-hybridized carbons (Fsp3) is 0.300. The molecule has 0 bridgehead atoms. The summed E-state index contributed by atoms with van der Waals surface area (Å²) in [6.07, 6.45) is -0.366. The van der Waals surface area contributed by atoms with Gasteiger partial charge in [-0.1, -0.05) is 23.7 Å². The van der Waals surface area contributed by atoms with Gasteiger partial charge >= 0.3 is 5.97 Å². The van der Waals surface area contributed by atoms with Crippen molar-refractivity contribution in [2.24, 2.45) is 0 Å². The van der Waals surface area contributed by atoms with Gasteiger partial charge in [0.1, 0.15) is 11.5 Å². The number of halogens is 1. The summed E-state index contributed by atoms with van der Waals surface area (Å²) in [5, 5.41) is 12.4. The second-order valence-electron chi connectivity index (χ2n) is 6.53. The molecule has 0 radical (unpaired) electrons. The van der Waals surface area contributed by atoms with Crippen molar-refractivity contribution >= 4 is 23.5 Å².